The molecule has 0 aromatic heterocycles. The Balaban J connectivity index is 0.00000364. The maximum atomic E-state index is 13.2. The molecule has 1 atom stereocenters. The first-order chi connectivity index (χ1) is 12.1. The van der Waals surface area contributed by atoms with Crippen LogP contribution in [-0.4, -0.2) is 69.5 Å². The van der Waals surface area contributed by atoms with Crippen molar-refractivity contribution >= 4 is 28.3 Å². The fourth-order valence-electron chi connectivity index (χ4n) is 3.33. The molecule has 0 saturated carbocycles. The van der Waals surface area contributed by atoms with E-state index < -0.39 is 16.1 Å². The Morgan fingerprint density at radius 2 is 1.59 bits per heavy atom. The van der Waals surface area contributed by atoms with Crippen LogP contribution in [0.3, 0.4) is 0 Å². The Hall–Kier alpha value is -1.19. The minimum atomic E-state index is -3.61. The van der Waals surface area contributed by atoms with Gasteiger partial charge in [-0.3, -0.25) is 4.79 Å². The van der Waals surface area contributed by atoms with E-state index in [9.17, 15) is 13.2 Å². The fourth-order valence-corrected chi connectivity index (χ4v) is 5.33. The number of rotatable bonds is 5. The molecule has 1 amide bonds. The minimum absolute atomic E-state index is 0. The van der Waals surface area contributed by atoms with Crippen molar-refractivity contribution < 1.29 is 17.9 Å². The molecule has 1 saturated heterocycles. The lowest BCUT2D eigenvalue weighted by molar-refractivity contribution is -0.134. The van der Waals surface area contributed by atoms with Crippen LogP contribution in [0.1, 0.15) is 22.3 Å². The maximum absolute atomic E-state index is 13.2. The van der Waals surface area contributed by atoms with Crippen molar-refractivity contribution in [2.75, 3.05) is 39.9 Å². The summed E-state index contributed by atoms with van der Waals surface area (Å²) in [6, 6.07) is 1.30. The SMILES string of the molecule is COCC(N)C(=O)N1CCN(S(=O)(=O)c2c(C)c(C)cc(C)c2C)CC1.Cl. The third-order valence-corrected chi connectivity index (χ3v) is 7.28. The van der Waals surface area contributed by atoms with Gasteiger partial charge in [0, 0.05) is 33.3 Å². The summed E-state index contributed by atoms with van der Waals surface area (Å²) < 4.78 is 32.8. The minimum Gasteiger partial charge on any atom is -0.383 e. The number of hydrogen-bond donors (Lipinski definition) is 1. The highest BCUT2D eigenvalue weighted by molar-refractivity contribution is 7.89. The van der Waals surface area contributed by atoms with Crippen molar-refractivity contribution in [2.45, 2.75) is 38.6 Å². The number of benzene rings is 1. The van der Waals surface area contributed by atoms with E-state index in [0.29, 0.717) is 18.0 Å². The molecule has 154 valence electrons. The standard InChI is InChI=1S/C18H29N3O4S.ClH/c1-12-10-13(2)15(4)17(14(12)3)26(23,24)21-8-6-20(7-9-21)18(22)16(19)11-25-5;/h10,16H,6-9,11,19H2,1-5H3;1H. The van der Waals surface area contributed by atoms with Crippen LogP contribution in [0.5, 0.6) is 0 Å². The van der Waals surface area contributed by atoms with E-state index in [0.717, 1.165) is 22.3 Å². The second-order valence-electron chi connectivity index (χ2n) is 6.88. The number of aryl methyl sites for hydroxylation is 2. The molecule has 27 heavy (non-hydrogen) atoms. The fraction of sp³-hybridized carbons (Fsp3) is 0.611. The van der Waals surface area contributed by atoms with Crippen LogP contribution in [0, 0.1) is 27.7 Å². The van der Waals surface area contributed by atoms with Gasteiger partial charge in [0.2, 0.25) is 15.9 Å². The Labute approximate surface area is 168 Å². The number of nitrogens with zero attached hydrogens (tertiary/aromatic N) is 2. The van der Waals surface area contributed by atoms with Gasteiger partial charge in [-0.05, 0) is 49.9 Å². The second kappa shape index (κ2) is 9.34. The van der Waals surface area contributed by atoms with Crippen molar-refractivity contribution in [3.63, 3.8) is 0 Å². The van der Waals surface area contributed by atoms with Crippen LogP contribution in [0.15, 0.2) is 11.0 Å². The zero-order valence-electron chi connectivity index (χ0n) is 16.6. The quantitative estimate of drug-likeness (QED) is 0.772. The number of carbonyl (C=O) groups excluding carboxylic acids is 1. The van der Waals surface area contributed by atoms with Crippen molar-refractivity contribution in [2.24, 2.45) is 5.73 Å². The van der Waals surface area contributed by atoms with E-state index in [1.807, 2.05) is 33.8 Å². The summed E-state index contributed by atoms with van der Waals surface area (Å²) >= 11 is 0. The van der Waals surface area contributed by atoms with Gasteiger partial charge in [-0.1, -0.05) is 6.07 Å². The number of piperazine rings is 1. The topological polar surface area (TPSA) is 92.9 Å². The first kappa shape index (κ1) is 23.8. The molecule has 0 spiro atoms. The number of carbonyl (C=O) groups is 1. The molecular formula is C18H30ClN3O4S. The maximum Gasteiger partial charge on any atom is 0.243 e. The van der Waals surface area contributed by atoms with Gasteiger partial charge in [0.15, 0.2) is 0 Å². The Morgan fingerprint density at radius 3 is 2.04 bits per heavy atom. The molecular weight excluding hydrogens is 390 g/mol. The molecule has 1 heterocycles. The number of halogens is 1. The van der Waals surface area contributed by atoms with Crippen LogP contribution in [0.25, 0.3) is 0 Å². The summed E-state index contributed by atoms with van der Waals surface area (Å²) in [5.74, 6) is -0.206. The summed E-state index contributed by atoms with van der Waals surface area (Å²) in [6.45, 7) is 8.88. The van der Waals surface area contributed by atoms with Gasteiger partial charge in [0.25, 0.3) is 0 Å². The number of nitrogens with two attached hydrogens (primary N) is 1. The molecule has 2 N–H and O–H groups in total. The average Bonchev–Trinajstić information content (AvgIpc) is 2.59. The van der Waals surface area contributed by atoms with Gasteiger partial charge in [-0.15, -0.1) is 12.4 Å². The zero-order valence-corrected chi connectivity index (χ0v) is 18.2. The molecule has 1 aromatic carbocycles. The number of ether oxygens (including phenoxy) is 1. The second-order valence-corrected chi connectivity index (χ2v) is 8.76. The zero-order chi connectivity index (χ0) is 19.6. The van der Waals surface area contributed by atoms with Gasteiger partial charge in [0.05, 0.1) is 11.5 Å². The lowest BCUT2D eigenvalue weighted by Crippen LogP contribution is -2.55. The van der Waals surface area contributed by atoms with Crippen LogP contribution in [0.4, 0.5) is 0 Å². The lowest BCUT2D eigenvalue weighted by atomic mass is 10.0. The van der Waals surface area contributed by atoms with Crippen molar-refractivity contribution in [3.05, 3.63) is 28.3 Å². The average molecular weight is 420 g/mol. The van der Waals surface area contributed by atoms with E-state index in [1.54, 1.807) is 4.90 Å². The summed E-state index contributed by atoms with van der Waals surface area (Å²) in [5, 5.41) is 0. The van der Waals surface area contributed by atoms with Gasteiger partial charge < -0.3 is 15.4 Å². The summed E-state index contributed by atoms with van der Waals surface area (Å²) in [5.41, 5.74) is 9.29. The predicted octanol–water partition coefficient (Wildman–Crippen LogP) is 1.15. The third-order valence-electron chi connectivity index (χ3n) is 5.11. The Kier molecular flexibility index (Phi) is 8.25. The molecule has 7 nitrogen and oxygen atoms in total. The number of sulfonamides is 1. The monoisotopic (exact) mass is 419 g/mol. The number of methoxy groups -OCH3 is 1. The predicted molar refractivity (Wildman–Crippen MR) is 108 cm³/mol. The molecule has 1 fully saturated rings. The largest absolute Gasteiger partial charge is 0.383 e. The van der Waals surface area contributed by atoms with E-state index in [1.165, 1.54) is 11.4 Å². The van der Waals surface area contributed by atoms with E-state index in [2.05, 4.69) is 0 Å². The summed E-state index contributed by atoms with van der Waals surface area (Å²) in [7, 11) is -2.12. The van der Waals surface area contributed by atoms with Crippen molar-refractivity contribution in [1.82, 2.24) is 9.21 Å². The smallest absolute Gasteiger partial charge is 0.243 e. The van der Waals surface area contributed by atoms with Gasteiger partial charge in [-0.25, -0.2) is 8.42 Å². The highest BCUT2D eigenvalue weighted by atomic mass is 35.5. The van der Waals surface area contributed by atoms with Crippen LogP contribution in [-0.2, 0) is 19.6 Å². The third kappa shape index (κ3) is 4.81. The van der Waals surface area contributed by atoms with E-state index >= 15 is 0 Å². The van der Waals surface area contributed by atoms with Crippen LogP contribution in [0.2, 0.25) is 0 Å². The molecule has 0 bridgehead atoms. The first-order valence-electron chi connectivity index (χ1n) is 8.72. The molecule has 0 aliphatic carbocycles. The highest BCUT2D eigenvalue weighted by Gasteiger charge is 2.33. The molecule has 0 radical (unpaired) electrons. The van der Waals surface area contributed by atoms with Crippen LogP contribution >= 0.6 is 12.4 Å². The first-order valence-corrected chi connectivity index (χ1v) is 10.2. The molecule has 1 aliphatic rings. The number of amides is 1. The summed E-state index contributed by atoms with van der Waals surface area (Å²) in [6.07, 6.45) is 0. The van der Waals surface area contributed by atoms with Crippen LogP contribution < -0.4 is 5.73 Å². The summed E-state index contributed by atoms with van der Waals surface area (Å²) in [4.78, 5) is 14.3. The van der Waals surface area contributed by atoms with E-state index in [-0.39, 0.29) is 38.0 Å². The Morgan fingerprint density at radius 1 is 1.11 bits per heavy atom. The lowest BCUT2D eigenvalue weighted by Gasteiger charge is -2.35. The Bertz CT molecular complexity index is 764. The molecule has 2 rings (SSSR count). The van der Waals surface area contributed by atoms with Gasteiger partial charge in [-0.2, -0.15) is 4.31 Å². The molecule has 1 aromatic rings. The van der Waals surface area contributed by atoms with Crippen molar-refractivity contribution in [3.8, 4) is 0 Å². The molecule has 9 heteroatoms. The van der Waals surface area contributed by atoms with Crippen molar-refractivity contribution in [1.29, 1.82) is 0 Å². The normalized spacial score (nSPS) is 16.7. The molecule has 1 aliphatic heterocycles. The molecule has 1 unspecified atom stereocenters. The van der Waals surface area contributed by atoms with Gasteiger partial charge >= 0.3 is 0 Å². The van der Waals surface area contributed by atoms with E-state index in [4.69, 9.17) is 10.5 Å². The van der Waals surface area contributed by atoms with Gasteiger partial charge in [0.1, 0.15) is 6.04 Å². The number of hydrogen-bond acceptors (Lipinski definition) is 5. The highest BCUT2D eigenvalue weighted by Crippen LogP contribution is 2.29.